The summed E-state index contributed by atoms with van der Waals surface area (Å²) in [5, 5.41) is 12.9. The highest BCUT2D eigenvalue weighted by Crippen LogP contribution is 2.11. The van der Waals surface area contributed by atoms with Crippen LogP contribution in [-0.4, -0.2) is 32.8 Å². The van der Waals surface area contributed by atoms with Gasteiger partial charge in [-0.25, -0.2) is 0 Å². The van der Waals surface area contributed by atoms with Crippen LogP contribution in [0.4, 0.5) is 5.69 Å². The number of hydrogen-bond donors (Lipinski definition) is 3. The molecule has 0 aliphatic heterocycles. The van der Waals surface area contributed by atoms with Gasteiger partial charge in [-0.2, -0.15) is 10.1 Å². The van der Waals surface area contributed by atoms with Gasteiger partial charge in [-0.1, -0.05) is 5.16 Å². The minimum absolute atomic E-state index is 0.205. The maximum absolute atomic E-state index is 11.7. The molecular formula is C10H14N6O2. The molecule has 0 saturated carbocycles. The molecule has 8 heteroatoms. The Morgan fingerprint density at radius 3 is 2.83 bits per heavy atom. The fourth-order valence-corrected chi connectivity index (χ4v) is 1.43. The highest BCUT2D eigenvalue weighted by molar-refractivity contribution is 5.97. The van der Waals surface area contributed by atoms with Gasteiger partial charge in [0.15, 0.2) is 11.5 Å². The summed E-state index contributed by atoms with van der Waals surface area (Å²) in [4.78, 5) is 15.8. The Hall–Kier alpha value is -2.38. The largest absolute Gasteiger partial charge is 0.395 e. The maximum atomic E-state index is 11.7. The minimum atomic E-state index is -0.322. The number of anilines is 1. The SMILES string of the molecule is Cc1nc(CCNC(=O)c2n[nH]c(C)c2N)no1. The summed E-state index contributed by atoms with van der Waals surface area (Å²) < 4.78 is 4.82. The van der Waals surface area contributed by atoms with E-state index in [0.29, 0.717) is 36.1 Å². The van der Waals surface area contributed by atoms with Gasteiger partial charge in [0.25, 0.3) is 5.91 Å². The van der Waals surface area contributed by atoms with E-state index in [2.05, 4.69) is 25.7 Å². The average Bonchev–Trinajstić information content (AvgIpc) is 2.87. The fraction of sp³-hybridized carbons (Fsp3) is 0.400. The number of aromatic amines is 1. The summed E-state index contributed by atoms with van der Waals surface area (Å²) in [6.07, 6.45) is 0.492. The number of amides is 1. The van der Waals surface area contributed by atoms with Crippen LogP contribution in [0.2, 0.25) is 0 Å². The molecule has 2 aromatic rings. The predicted molar refractivity (Wildman–Crippen MR) is 62.8 cm³/mol. The van der Waals surface area contributed by atoms with Crippen molar-refractivity contribution in [2.75, 3.05) is 12.3 Å². The van der Waals surface area contributed by atoms with Crippen LogP contribution in [0, 0.1) is 13.8 Å². The summed E-state index contributed by atoms with van der Waals surface area (Å²) in [5.74, 6) is 0.736. The topological polar surface area (TPSA) is 123 Å². The van der Waals surface area contributed by atoms with Gasteiger partial charge in [-0.05, 0) is 6.92 Å². The van der Waals surface area contributed by atoms with Gasteiger partial charge >= 0.3 is 0 Å². The number of nitrogen functional groups attached to an aromatic ring is 1. The number of carbonyl (C=O) groups excluding carboxylic acids is 1. The van der Waals surface area contributed by atoms with Gasteiger partial charge in [-0.15, -0.1) is 0 Å². The lowest BCUT2D eigenvalue weighted by atomic mass is 10.3. The smallest absolute Gasteiger partial charge is 0.273 e. The lowest BCUT2D eigenvalue weighted by Gasteiger charge is -2.01. The van der Waals surface area contributed by atoms with E-state index in [-0.39, 0.29) is 11.6 Å². The third kappa shape index (κ3) is 2.47. The quantitative estimate of drug-likeness (QED) is 0.699. The summed E-state index contributed by atoms with van der Waals surface area (Å²) in [6, 6.07) is 0. The van der Waals surface area contributed by atoms with Gasteiger partial charge in [0, 0.05) is 19.9 Å². The average molecular weight is 250 g/mol. The Morgan fingerprint density at radius 1 is 1.50 bits per heavy atom. The minimum Gasteiger partial charge on any atom is -0.395 e. The predicted octanol–water partition coefficient (Wildman–Crippen LogP) is -0.0358. The Bertz CT molecular complexity index is 558. The molecule has 0 aliphatic rings. The number of hydrogen-bond acceptors (Lipinski definition) is 6. The van der Waals surface area contributed by atoms with Crippen molar-refractivity contribution in [2.24, 2.45) is 0 Å². The molecular weight excluding hydrogens is 236 g/mol. The van der Waals surface area contributed by atoms with Crippen LogP contribution in [0.5, 0.6) is 0 Å². The van der Waals surface area contributed by atoms with Crippen molar-refractivity contribution in [1.29, 1.82) is 0 Å². The molecule has 4 N–H and O–H groups in total. The molecule has 0 unspecified atom stereocenters. The Morgan fingerprint density at radius 2 is 2.28 bits per heavy atom. The number of H-pyrrole nitrogens is 1. The molecule has 0 bridgehead atoms. The molecule has 96 valence electrons. The molecule has 0 fully saturated rings. The fourth-order valence-electron chi connectivity index (χ4n) is 1.43. The van der Waals surface area contributed by atoms with Crippen molar-refractivity contribution in [2.45, 2.75) is 20.3 Å². The molecule has 2 aromatic heterocycles. The molecule has 2 heterocycles. The zero-order valence-corrected chi connectivity index (χ0v) is 10.1. The number of nitrogens with zero attached hydrogens (tertiary/aromatic N) is 3. The Balaban J connectivity index is 1.87. The van der Waals surface area contributed by atoms with Crippen molar-refractivity contribution < 1.29 is 9.32 Å². The van der Waals surface area contributed by atoms with Gasteiger partial charge < -0.3 is 15.6 Å². The van der Waals surface area contributed by atoms with Crippen molar-refractivity contribution in [3.8, 4) is 0 Å². The van der Waals surface area contributed by atoms with Crippen molar-refractivity contribution in [3.63, 3.8) is 0 Å². The standard InChI is InChI=1S/C10H14N6O2/c1-5-8(11)9(15-14-5)10(17)12-4-3-7-13-6(2)18-16-7/h3-4,11H2,1-2H3,(H,12,17)(H,14,15). The van der Waals surface area contributed by atoms with Crippen LogP contribution in [0.1, 0.15) is 27.9 Å². The number of rotatable bonds is 4. The van der Waals surface area contributed by atoms with Crippen molar-refractivity contribution in [3.05, 3.63) is 23.1 Å². The molecule has 0 radical (unpaired) electrons. The molecule has 1 amide bonds. The lowest BCUT2D eigenvalue weighted by Crippen LogP contribution is -2.27. The first-order chi connectivity index (χ1) is 8.58. The van der Waals surface area contributed by atoms with E-state index in [0.717, 1.165) is 0 Å². The summed E-state index contributed by atoms with van der Waals surface area (Å²) in [6.45, 7) is 3.85. The van der Waals surface area contributed by atoms with E-state index in [4.69, 9.17) is 10.3 Å². The molecule has 8 nitrogen and oxygen atoms in total. The highest BCUT2D eigenvalue weighted by Gasteiger charge is 2.14. The van der Waals surface area contributed by atoms with Gasteiger partial charge in [0.05, 0.1) is 11.4 Å². The molecule has 0 aliphatic carbocycles. The van der Waals surface area contributed by atoms with Gasteiger partial charge in [0.2, 0.25) is 5.89 Å². The number of nitrogens with two attached hydrogens (primary N) is 1. The number of aromatic nitrogens is 4. The van der Waals surface area contributed by atoms with Crippen LogP contribution < -0.4 is 11.1 Å². The zero-order chi connectivity index (χ0) is 13.1. The van der Waals surface area contributed by atoms with E-state index in [1.165, 1.54) is 0 Å². The summed E-state index contributed by atoms with van der Waals surface area (Å²) >= 11 is 0. The zero-order valence-electron chi connectivity index (χ0n) is 10.1. The van der Waals surface area contributed by atoms with Crippen LogP contribution in [0.3, 0.4) is 0 Å². The second-order valence-corrected chi connectivity index (χ2v) is 3.85. The molecule has 0 atom stereocenters. The van der Waals surface area contributed by atoms with Gasteiger partial charge in [0.1, 0.15) is 0 Å². The molecule has 18 heavy (non-hydrogen) atoms. The second-order valence-electron chi connectivity index (χ2n) is 3.85. The number of nitrogens with one attached hydrogen (secondary N) is 2. The van der Waals surface area contributed by atoms with Crippen LogP contribution in [-0.2, 0) is 6.42 Å². The second kappa shape index (κ2) is 4.86. The first kappa shape index (κ1) is 12.1. The monoisotopic (exact) mass is 250 g/mol. The molecule has 0 aromatic carbocycles. The van der Waals surface area contributed by atoms with Crippen LogP contribution >= 0.6 is 0 Å². The van der Waals surface area contributed by atoms with E-state index in [9.17, 15) is 4.79 Å². The molecule has 2 rings (SSSR count). The molecule has 0 spiro atoms. The lowest BCUT2D eigenvalue weighted by molar-refractivity contribution is 0.0950. The van der Waals surface area contributed by atoms with E-state index < -0.39 is 0 Å². The summed E-state index contributed by atoms with van der Waals surface area (Å²) in [7, 11) is 0. The Kier molecular flexibility index (Phi) is 3.26. The van der Waals surface area contributed by atoms with E-state index in [1.807, 2.05) is 0 Å². The maximum Gasteiger partial charge on any atom is 0.273 e. The molecule has 0 saturated heterocycles. The van der Waals surface area contributed by atoms with Crippen molar-refractivity contribution in [1.82, 2.24) is 25.7 Å². The number of aryl methyl sites for hydroxylation is 2. The third-order valence-electron chi connectivity index (χ3n) is 2.41. The first-order valence-corrected chi connectivity index (χ1v) is 5.45. The Labute approximate surface area is 103 Å². The normalized spacial score (nSPS) is 10.6. The summed E-state index contributed by atoms with van der Waals surface area (Å²) in [5.41, 5.74) is 6.94. The third-order valence-corrected chi connectivity index (χ3v) is 2.41. The van der Waals surface area contributed by atoms with Crippen molar-refractivity contribution >= 4 is 11.6 Å². The van der Waals surface area contributed by atoms with Gasteiger partial charge in [-0.3, -0.25) is 9.89 Å². The number of carbonyl (C=O) groups is 1. The van der Waals surface area contributed by atoms with Crippen LogP contribution in [0.15, 0.2) is 4.52 Å². The van der Waals surface area contributed by atoms with Crippen LogP contribution in [0.25, 0.3) is 0 Å². The highest BCUT2D eigenvalue weighted by atomic mass is 16.5. The first-order valence-electron chi connectivity index (χ1n) is 5.45. The van der Waals surface area contributed by atoms with E-state index >= 15 is 0 Å². The van der Waals surface area contributed by atoms with E-state index in [1.54, 1.807) is 13.8 Å².